The minimum atomic E-state index is -4.55. The Hall–Kier alpha value is -3.30. The predicted molar refractivity (Wildman–Crippen MR) is 101 cm³/mol. The van der Waals surface area contributed by atoms with Crippen molar-refractivity contribution < 1.29 is 26.9 Å². The Bertz CT molecular complexity index is 1070. The number of hydrogen-bond acceptors (Lipinski definition) is 5. The first-order chi connectivity index (χ1) is 14.8. The number of benzene rings is 1. The number of aromatic nitrogens is 3. The molecule has 1 saturated heterocycles. The molecule has 3 heterocycles. The summed E-state index contributed by atoms with van der Waals surface area (Å²) in [6.45, 7) is 0.901. The number of nitrogens with zero attached hydrogens (tertiary/aromatic N) is 4. The summed E-state index contributed by atoms with van der Waals surface area (Å²) in [6, 6.07) is 8.06. The van der Waals surface area contributed by atoms with Crippen LogP contribution in [0.4, 0.5) is 17.6 Å². The second-order valence-electron chi connectivity index (χ2n) is 7.38. The number of amides is 1. The van der Waals surface area contributed by atoms with Crippen molar-refractivity contribution in [1.82, 2.24) is 20.0 Å². The molecule has 0 unspecified atom stereocenters. The van der Waals surface area contributed by atoms with Gasteiger partial charge in [-0.25, -0.2) is 4.39 Å². The topological polar surface area (TPSA) is 72.1 Å². The van der Waals surface area contributed by atoms with Crippen molar-refractivity contribution in [2.45, 2.75) is 25.4 Å². The van der Waals surface area contributed by atoms with Gasteiger partial charge in [-0.15, -0.1) is 0 Å². The zero-order chi connectivity index (χ0) is 22.0. The summed E-state index contributed by atoms with van der Waals surface area (Å²) in [6.07, 6.45) is -1.63. The van der Waals surface area contributed by atoms with Crippen molar-refractivity contribution in [3.8, 4) is 11.4 Å². The molecule has 1 atom stereocenters. The molecule has 1 amide bonds. The van der Waals surface area contributed by atoms with Crippen LogP contribution in [0, 0.1) is 11.7 Å². The minimum absolute atomic E-state index is 0.0361. The molecule has 1 fully saturated rings. The van der Waals surface area contributed by atoms with E-state index in [0.29, 0.717) is 25.4 Å². The molecule has 10 heteroatoms. The van der Waals surface area contributed by atoms with Crippen LogP contribution in [-0.2, 0) is 12.6 Å². The lowest BCUT2D eigenvalue weighted by molar-refractivity contribution is -0.141. The second-order valence-corrected chi connectivity index (χ2v) is 7.38. The Morgan fingerprint density at radius 1 is 1.19 bits per heavy atom. The zero-order valence-corrected chi connectivity index (χ0v) is 16.3. The highest BCUT2D eigenvalue weighted by molar-refractivity contribution is 5.94. The average Bonchev–Trinajstić information content (AvgIpc) is 3.21. The van der Waals surface area contributed by atoms with Crippen LogP contribution >= 0.6 is 0 Å². The van der Waals surface area contributed by atoms with Crippen molar-refractivity contribution in [1.29, 1.82) is 0 Å². The lowest BCUT2D eigenvalue weighted by atomic mass is 9.94. The monoisotopic (exact) mass is 434 g/mol. The van der Waals surface area contributed by atoms with Crippen LogP contribution in [0.3, 0.4) is 0 Å². The number of alkyl halides is 3. The Balaban J connectivity index is 1.41. The highest BCUT2D eigenvalue weighted by Gasteiger charge is 2.33. The lowest BCUT2D eigenvalue weighted by Gasteiger charge is -2.32. The maximum atomic E-state index is 13.9. The SMILES string of the molecule is O=C(c1ccc(C(F)(F)F)nc1)N1CCC[C@@H](Cc2nc(-c3ccccc3F)no2)C1. The fourth-order valence-corrected chi connectivity index (χ4v) is 3.62. The first-order valence-electron chi connectivity index (χ1n) is 9.71. The molecule has 3 aromatic rings. The number of halogens is 4. The molecular weight excluding hydrogens is 416 g/mol. The number of piperidine rings is 1. The minimum Gasteiger partial charge on any atom is -0.339 e. The van der Waals surface area contributed by atoms with E-state index >= 15 is 0 Å². The normalized spacial score (nSPS) is 17.0. The number of carbonyl (C=O) groups excluding carboxylic acids is 1. The molecule has 0 aliphatic carbocycles. The van der Waals surface area contributed by atoms with Crippen LogP contribution in [0.15, 0.2) is 47.1 Å². The molecule has 0 spiro atoms. The van der Waals surface area contributed by atoms with Crippen LogP contribution in [0.1, 0.15) is 34.8 Å². The first-order valence-corrected chi connectivity index (χ1v) is 9.71. The molecule has 162 valence electrons. The van der Waals surface area contributed by atoms with E-state index in [2.05, 4.69) is 15.1 Å². The van der Waals surface area contributed by atoms with E-state index in [4.69, 9.17) is 4.52 Å². The summed E-state index contributed by atoms with van der Waals surface area (Å²) < 4.78 is 57.2. The summed E-state index contributed by atoms with van der Waals surface area (Å²) in [7, 11) is 0. The number of hydrogen-bond donors (Lipinski definition) is 0. The van der Waals surface area contributed by atoms with Crippen LogP contribution in [0.5, 0.6) is 0 Å². The van der Waals surface area contributed by atoms with Crippen molar-refractivity contribution in [3.05, 3.63) is 65.6 Å². The van der Waals surface area contributed by atoms with Gasteiger partial charge in [-0.05, 0) is 43.0 Å². The Kier molecular flexibility index (Phi) is 5.71. The quantitative estimate of drug-likeness (QED) is 0.570. The van der Waals surface area contributed by atoms with Gasteiger partial charge in [-0.3, -0.25) is 9.78 Å². The summed E-state index contributed by atoms with van der Waals surface area (Å²) in [5.74, 6) is -0.284. The van der Waals surface area contributed by atoms with Crippen LogP contribution in [0.25, 0.3) is 11.4 Å². The molecule has 0 bridgehead atoms. The third-order valence-electron chi connectivity index (χ3n) is 5.15. The standard InChI is InChI=1S/C21H18F4N4O2/c22-16-6-2-1-5-15(16)19-27-18(31-28-19)10-13-4-3-9-29(12-13)20(30)14-7-8-17(26-11-14)21(23,24)25/h1-2,5-8,11,13H,3-4,9-10,12H2/t13-/m0/s1. The molecule has 1 aliphatic rings. The Morgan fingerprint density at radius 2 is 2.00 bits per heavy atom. The fourth-order valence-electron chi connectivity index (χ4n) is 3.62. The summed E-state index contributed by atoms with van der Waals surface area (Å²) in [5, 5.41) is 3.84. The molecule has 6 nitrogen and oxygen atoms in total. The predicted octanol–water partition coefficient (Wildman–Crippen LogP) is 4.38. The molecule has 4 rings (SSSR count). The van der Waals surface area contributed by atoms with Crippen molar-refractivity contribution in [2.75, 3.05) is 13.1 Å². The Morgan fingerprint density at radius 3 is 2.71 bits per heavy atom. The van der Waals surface area contributed by atoms with Gasteiger partial charge in [0.1, 0.15) is 11.5 Å². The van der Waals surface area contributed by atoms with E-state index < -0.39 is 17.7 Å². The van der Waals surface area contributed by atoms with E-state index in [9.17, 15) is 22.4 Å². The van der Waals surface area contributed by atoms with Crippen molar-refractivity contribution >= 4 is 5.91 Å². The first kappa shape index (κ1) is 21.0. The number of carbonyl (C=O) groups is 1. The van der Waals surface area contributed by atoms with Crippen molar-refractivity contribution in [3.63, 3.8) is 0 Å². The summed E-state index contributed by atoms with van der Waals surface area (Å²) in [5.41, 5.74) is -0.691. The summed E-state index contributed by atoms with van der Waals surface area (Å²) in [4.78, 5) is 21.9. The molecule has 0 saturated carbocycles. The molecule has 0 radical (unpaired) electrons. The highest BCUT2D eigenvalue weighted by atomic mass is 19.4. The molecule has 0 N–H and O–H groups in total. The third kappa shape index (κ3) is 4.73. The lowest BCUT2D eigenvalue weighted by Crippen LogP contribution is -2.40. The highest BCUT2D eigenvalue weighted by Crippen LogP contribution is 2.28. The van der Waals surface area contributed by atoms with Gasteiger partial charge in [0.05, 0.1) is 11.1 Å². The van der Waals surface area contributed by atoms with Crippen molar-refractivity contribution in [2.24, 2.45) is 5.92 Å². The largest absolute Gasteiger partial charge is 0.433 e. The van der Waals surface area contributed by atoms with Gasteiger partial charge in [0.2, 0.25) is 11.7 Å². The van der Waals surface area contributed by atoms with E-state index in [1.807, 2.05) is 0 Å². The van der Waals surface area contributed by atoms with Crippen LogP contribution < -0.4 is 0 Å². The zero-order valence-electron chi connectivity index (χ0n) is 16.3. The molecule has 2 aromatic heterocycles. The van der Waals surface area contributed by atoms with Gasteiger partial charge in [0.15, 0.2) is 0 Å². The van der Waals surface area contributed by atoms with Gasteiger partial charge >= 0.3 is 6.18 Å². The second kappa shape index (κ2) is 8.44. The van der Waals surface area contributed by atoms with E-state index in [1.165, 1.54) is 6.07 Å². The average molecular weight is 434 g/mol. The van der Waals surface area contributed by atoms with E-state index in [1.54, 1.807) is 23.1 Å². The van der Waals surface area contributed by atoms with Crippen LogP contribution in [-0.4, -0.2) is 39.0 Å². The number of pyridine rings is 1. The van der Waals surface area contributed by atoms with Gasteiger partial charge in [-0.2, -0.15) is 18.2 Å². The third-order valence-corrected chi connectivity index (χ3v) is 5.15. The maximum absolute atomic E-state index is 13.9. The number of likely N-dealkylation sites (tertiary alicyclic amines) is 1. The van der Waals surface area contributed by atoms with Crippen LogP contribution in [0.2, 0.25) is 0 Å². The van der Waals surface area contributed by atoms with Gasteiger partial charge in [0.25, 0.3) is 5.91 Å². The van der Waals surface area contributed by atoms with E-state index in [0.717, 1.165) is 31.2 Å². The molecular formula is C21H18F4N4O2. The summed E-state index contributed by atoms with van der Waals surface area (Å²) >= 11 is 0. The fraction of sp³-hybridized carbons (Fsp3) is 0.333. The van der Waals surface area contributed by atoms with E-state index in [-0.39, 0.29) is 28.8 Å². The maximum Gasteiger partial charge on any atom is 0.433 e. The Labute approximate surface area is 174 Å². The van der Waals surface area contributed by atoms with Gasteiger partial charge < -0.3 is 9.42 Å². The smallest absolute Gasteiger partial charge is 0.339 e. The number of rotatable bonds is 4. The molecule has 1 aliphatic heterocycles. The molecule has 1 aromatic carbocycles. The molecule has 31 heavy (non-hydrogen) atoms. The van der Waals surface area contributed by atoms with Gasteiger partial charge in [-0.1, -0.05) is 17.3 Å². The van der Waals surface area contributed by atoms with Gasteiger partial charge in [0, 0.05) is 25.7 Å².